The summed E-state index contributed by atoms with van der Waals surface area (Å²) in [6.07, 6.45) is 8.05. The van der Waals surface area contributed by atoms with E-state index < -0.39 is 21.8 Å². The van der Waals surface area contributed by atoms with Crippen molar-refractivity contribution in [1.82, 2.24) is 15.3 Å². The van der Waals surface area contributed by atoms with Crippen molar-refractivity contribution in [2.75, 3.05) is 6.26 Å². The van der Waals surface area contributed by atoms with E-state index in [9.17, 15) is 17.6 Å². The van der Waals surface area contributed by atoms with Crippen molar-refractivity contribution in [2.45, 2.75) is 51.5 Å². The van der Waals surface area contributed by atoms with Crippen molar-refractivity contribution in [1.29, 1.82) is 0 Å². The Morgan fingerprint density at radius 2 is 2.03 bits per heavy atom. The summed E-state index contributed by atoms with van der Waals surface area (Å²) in [4.78, 5) is 21.7. The minimum Gasteiger partial charge on any atom is -0.438 e. The molecule has 0 saturated heterocycles. The summed E-state index contributed by atoms with van der Waals surface area (Å²) in [7, 11) is -3.30. The van der Waals surface area contributed by atoms with Gasteiger partial charge in [-0.25, -0.2) is 17.8 Å². The molecule has 0 spiro atoms. The largest absolute Gasteiger partial charge is 0.438 e. The van der Waals surface area contributed by atoms with Gasteiger partial charge in [0, 0.05) is 29.8 Å². The maximum absolute atomic E-state index is 13.6. The number of carbonyl (C=O) groups excluding carboxylic acids is 1. The van der Waals surface area contributed by atoms with Crippen molar-refractivity contribution in [3.05, 3.63) is 58.6 Å². The number of carbonyl (C=O) groups is 1. The summed E-state index contributed by atoms with van der Waals surface area (Å²) in [6, 6.07) is 3.75. The van der Waals surface area contributed by atoms with Gasteiger partial charge in [0.1, 0.15) is 23.0 Å². The summed E-state index contributed by atoms with van der Waals surface area (Å²) in [5, 5.41) is 3.73. The third-order valence-corrected chi connectivity index (χ3v) is 5.71. The second-order valence-electron chi connectivity index (χ2n) is 7.86. The number of aryl methyl sites for hydroxylation is 1. The van der Waals surface area contributed by atoms with Gasteiger partial charge in [-0.2, -0.15) is 4.98 Å². The fourth-order valence-corrected chi connectivity index (χ4v) is 3.90. The van der Waals surface area contributed by atoms with Crippen molar-refractivity contribution in [3.63, 3.8) is 0 Å². The molecule has 0 radical (unpaired) electrons. The van der Waals surface area contributed by atoms with E-state index in [0.29, 0.717) is 17.1 Å². The Labute approximate surface area is 181 Å². The molecule has 0 aliphatic heterocycles. The number of halogens is 1. The Balaban J connectivity index is 1.89. The zero-order valence-electron chi connectivity index (χ0n) is 17.8. The van der Waals surface area contributed by atoms with E-state index in [2.05, 4.69) is 15.3 Å². The van der Waals surface area contributed by atoms with Crippen LogP contribution in [0.3, 0.4) is 0 Å². The normalized spacial score (nSPS) is 15.9. The Morgan fingerprint density at radius 1 is 1.32 bits per heavy atom. The van der Waals surface area contributed by atoms with Crippen molar-refractivity contribution in [2.24, 2.45) is 0 Å². The van der Waals surface area contributed by atoms with E-state index >= 15 is 0 Å². The SMILES string of the molecule is Cc1cc(Oc2nc(C3CCCC3)ncc2C(=O)N[C@@H](C)/C=C/S(C)(=O)=O)ccc1F. The Hall–Kier alpha value is -2.81. The number of ether oxygens (including phenoxy) is 1. The van der Waals surface area contributed by atoms with Crippen LogP contribution >= 0.6 is 0 Å². The fourth-order valence-electron chi connectivity index (χ4n) is 3.38. The molecule has 1 N–H and O–H groups in total. The maximum atomic E-state index is 13.6. The minimum absolute atomic E-state index is 0.0831. The number of nitrogens with zero attached hydrogens (tertiary/aromatic N) is 2. The van der Waals surface area contributed by atoms with Crippen LogP contribution in [0.2, 0.25) is 0 Å². The van der Waals surface area contributed by atoms with Crippen molar-refractivity contribution < 1.29 is 22.3 Å². The van der Waals surface area contributed by atoms with Crippen LogP contribution in [0, 0.1) is 12.7 Å². The maximum Gasteiger partial charge on any atom is 0.258 e. The first-order chi connectivity index (χ1) is 14.6. The lowest BCUT2D eigenvalue weighted by molar-refractivity contribution is 0.0943. The number of hydrogen-bond donors (Lipinski definition) is 1. The molecule has 0 unspecified atom stereocenters. The van der Waals surface area contributed by atoms with Gasteiger partial charge in [0.05, 0.1) is 0 Å². The molecule has 1 heterocycles. The predicted octanol–water partition coefficient (Wildman–Crippen LogP) is 4.05. The lowest BCUT2D eigenvalue weighted by Gasteiger charge is -2.15. The number of aromatic nitrogens is 2. The number of hydrogen-bond acceptors (Lipinski definition) is 6. The van der Waals surface area contributed by atoms with E-state index in [4.69, 9.17) is 4.74 Å². The number of nitrogens with one attached hydrogen (secondary N) is 1. The zero-order valence-corrected chi connectivity index (χ0v) is 18.6. The highest BCUT2D eigenvalue weighted by atomic mass is 32.2. The van der Waals surface area contributed by atoms with Gasteiger partial charge >= 0.3 is 0 Å². The monoisotopic (exact) mass is 447 g/mol. The standard InChI is InChI=1S/C22H26FN3O4S/c1-14-12-17(8-9-19(14)23)30-22-18(13-24-20(26-22)16-6-4-5-7-16)21(27)25-15(2)10-11-31(3,28)29/h8-13,15-16H,4-7H2,1-3H3,(H,25,27)/b11-10+/t15-/m0/s1. The average molecular weight is 448 g/mol. The molecule has 1 fully saturated rings. The number of rotatable bonds is 7. The van der Waals surface area contributed by atoms with Gasteiger partial charge < -0.3 is 10.1 Å². The molecule has 166 valence electrons. The van der Waals surface area contributed by atoms with E-state index in [1.807, 2.05) is 0 Å². The highest BCUT2D eigenvalue weighted by Gasteiger charge is 2.24. The van der Waals surface area contributed by atoms with E-state index in [-0.39, 0.29) is 23.2 Å². The summed E-state index contributed by atoms with van der Waals surface area (Å²) in [5.74, 6) is 0.413. The molecule has 0 bridgehead atoms. The molecular formula is C22H26FN3O4S. The summed E-state index contributed by atoms with van der Waals surface area (Å²) in [6.45, 7) is 3.27. The van der Waals surface area contributed by atoms with Gasteiger partial charge in [-0.15, -0.1) is 0 Å². The predicted molar refractivity (Wildman–Crippen MR) is 115 cm³/mol. The summed E-state index contributed by atoms with van der Waals surface area (Å²) >= 11 is 0. The Kier molecular flexibility index (Phi) is 7.04. The molecule has 7 nitrogen and oxygen atoms in total. The molecule has 31 heavy (non-hydrogen) atoms. The van der Waals surface area contributed by atoms with Crippen molar-refractivity contribution in [3.8, 4) is 11.6 Å². The van der Waals surface area contributed by atoms with Gasteiger partial charge in [-0.3, -0.25) is 4.79 Å². The smallest absolute Gasteiger partial charge is 0.258 e. The fraction of sp³-hybridized carbons (Fsp3) is 0.409. The molecule has 1 aliphatic carbocycles. The van der Waals surface area contributed by atoms with Crippen molar-refractivity contribution >= 4 is 15.7 Å². The van der Waals surface area contributed by atoms with Gasteiger partial charge in [-0.05, 0) is 50.5 Å². The van der Waals surface area contributed by atoms with Crippen LogP contribution in [-0.2, 0) is 9.84 Å². The zero-order chi connectivity index (χ0) is 22.6. The molecule has 1 aromatic heterocycles. The number of sulfone groups is 1. The summed E-state index contributed by atoms with van der Waals surface area (Å²) in [5.41, 5.74) is 0.524. The first-order valence-corrected chi connectivity index (χ1v) is 12.1. The van der Waals surface area contributed by atoms with E-state index in [0.717, 1.165) is 37.3 Å². The third kappa shape index (κ3) is 6.33. The van der Waals surface area contributed by atoms with Gasteiger partial charge in [0.25, 0.3) is 5.91 Å². The average Bonchev–Trinajstić information content (AvgIpc) is 3.23. The third-order valence-electron chi connectivity index (χ3n) is 5.05. The number of amides is 1. The van der Waals surface area contributed by atoms with Gasteiger partial charge in [0.15, 0.2) is 9.84 Å². The summed E-state index contributed by atoms with van der Waals surface area (Å²) < 4.78 is 42.1. The van der Waals surface area contributed by atoms with Crippen LogP contribution < -0.4 is 10.1 Å². The Morgan fingerprint density at radius 3 is 2.68 bits per heavy atom. The van der Waals surface area contributed by atoms with Crippen LogP contribution in [0.15, 0.2) is 35.9 Å². The van der Waals surface area contributed by atoms with Crippen LogP contribution in [0.5, 0.6) is 11.6 Å². The molecule has 1 atom stereocenters. The van der Waals surface area contributed by atoms with Crippen LogP contribution in [0.4, 0.5) is 4.39 Å². The van der Waals surface area contributed by atoms with Crippen LogP contribution in [-0.4, -0.2) is 36.6 Å². The molecule has 3 rings (SSSR count). The van der Waals surface area contributed by atoms with E-state index in [1.54, 1.807) is 13.8 Å². The van der Waals surface area contributed by atoms with E-state index in [1.165, 1.54) is 30.5 Å². The molecule has 1 aliphatic rings. The Bertz CT molecular complexity index is 1100. The molecule has 2 aromatic rings. The minimum atomic E-state index is -3.30. The highest BCUT2D eigenvalue weighted by molar-refractivity contribution is 7.93. The van der Waals surface area contributed by atoms with Gasteiger partial charge in [0.2, 0.25) is 5.88 Å². The van der Waals surface area contributed by atoms with Crippen LogP contribution in [0.25, 0.3) is 0 Å². The van der Waals surface area contributed by atoms with Gasteiger partial charge in [-0.1, -0.05) is 18.9 Å². The molecule has 1 aromatic carbocycles. The lowest BCUT2D eigenvalue weighted by atomic mass is 10.1. The second kappa shape index (κ2) is 9.55. The second-order valence-corrected chi connectivity index (χ2v) is 9.79. The van der Waals surface area contributed by atoms with Crippen LogP contribution in [0.1, 0.15) is 60.3 Å². The number of benzene rings is 1. The topological polar surface area (TPSA) is 98.2 Å². The lowest BCUT2D eigenvalue weighted by Crippen LogP contribution is -2.31. The molecule has 9 heteroatoms. The highest BCUT2D eigenvalue weighted by Crippen LogP contribution is 2.34. The molecular weight excluding hydrogens is 421 g/mol. The molecule has 1 saturated carbocycles. The first kappa shape index (κ1) is 22.9. The first-order valence-electron chi connectivity index (χ1n) is 10.1. The quantitative estimate of drug-likeness (QED) is 0.688. The molecule has 1 amide bonds.